The zero-order chi connectivity index (χ0) is 31.9. The summed E-state index contributed by atoms with van der Waals surface area (Å²) in [6.07, 6.45) is 37.7. The maximum Gasteiger partial charge on any atom is 0.220 e. The predicted molar refractivity (Wildman–Crippen MR) is 179 cm³/mol. The average Bonchev–Trinajstić information content (AvgIpc) is 2.97. The highest BCUT2D eigenvalue weighted by atomic mass is 16.4. The third-order valence-corrected chi connectivity index (χ3v) is 8.36. The summed E-state index contributed by atoms with van der Waals surface area (Å²) in [5, 5.41) is 23.0. The van der Waals surface area contributed by atoms with Gasteiger partial charge in [-0.1, -0.05) is 187 Å². The lowest BCUT2D eigenvalue weighted by Crippen LogP contribution is -2.45. The van der Waals surface area contributed by atoms with Crippen molar-refractivity contribution in [2.45, 2.75) is 212 Å². The molecule has 0 aromatic rings. The number of hydrogen-bond donors (Lipinski definition) is 3. The van der Waals surface area contributed by atoms with Crippen molar-refractivity contribution in [2.24, 2.45) is 0 Å². The maximum atomic E-state index is 12.4. The minimum absolute atomic E-state index is 0.292. The Morgan fingerprint density at radius 2 is 0.951 bits per heavy atom. The number of rotatable bonds is 33. The molecular weight excluding hydrogens is 508 g/mol. The van der Waals surface area contributed by atoms with Gasteiger partial charge < -0.3 is 15.5 Å². The molecule has 0 aromatic carbocycles. The van der Waals surface area contributed by atoms with Crippen molar-refractivity contribution in [1.29, 1.82) is 0 Å². The monoisotopic (exact) mass is 584 g/mol. The van der Waals surface area contributed by atoms with Crippen LogP contribution in [0.5, 0.6) is 0 Å². The molecular formula is C37H73NO3. The summed E-state index contributed by atoms with van der Waals surface area (Å²) in [5.41, 5.74) is 0. The van der Waals surface area contributed by atoms with Crippen molar-refractivity contribution in [3.05, 3.63) is 12.2 Å². The third kappa shape index (κ3) is 30.4. The maximum absolute atomic E-state index is 12.4. The van der Waals surface area contributed by atoms with Crippen LogP contribution in [0.4, 0.5) is 0 Å². The van der Waals surface area contributed by atoms with Gasteiger partial charge >= 0.3 is 0 Å². The molecule has 0 aliphatic rings. The lowest BCUT2D eigenvalue weighted by Gasteiger charge is -2.20. The summed E-state index contributed by atoms with van der Waals surface area (Å²) in [6.45, 7) is 1.83. The van der Waals surface area contributed by atoms with Crippen molar-refractivity contribution in [2.75, 3.05) is 6.56 Å². The van der Waals surface area contributed by atoms with Gasteiger partial charge in [0, 0.05) is 6.42 Å². The Morgan fingerprint density at radius 1 is 0.610 bits per heavy atom. The fourth-order valence-electron chi connectivity index (χ4n) is 5.55. The van der Waals surface area contributed by atoms with Crippen molar-refractivity contribution in [1.82, 2.24) is 5.32 Å². The minimum Gasteiger partial charge on any atom is -0.394 e. The molecule has 1 amide bonds. The first-order valence-electron chi connectivity index (χ1n) is 19.2. The van der Waals surface area contributed by atoms with Gasteiger partial charge in [0.1, 0.15) is 0 Å². The van der Waals surface area contributed by atoms with E-state index in [0.717, 1.165) is 38.5 Å². The third-order valence-electron chi connectivity index (χ3n) is 8.36. The molecule has 0 unspecified atom stereocenters. The molecule has 0 rings (SSSR count). The second-order valence-electron chi connectivity index (χ2n) is 12.5. The molecule has 4 heteroatoms. The van der Waals surface area contributed by atoms with E-state index in [2.05, 4.69) is 19.2 Å². The average molecular weight is 584 g/mol. The van der Waals surface area contributed by atoms with Gasteiger partial charge in [0.15, 0.2) is 0 Å². The predicted octanol–water partition coefficient (Wildman–Crippen LogP) is 10.7. The van der Waals surface area contributed by atoms with Gasteiger partial charge in [0.2, 0.25) is 5.91 Å². The standard InChI is InChI=1S/C37H73NO3/c1-3-5-7-9-11-13-15-17-18-19-21-23-25-27-29-31-33-37(41)38-35(34-39)36(40)32-30-28-26-24-22-20-16-14-12-10-8-6-4-2/h30,32,35-36,39-40H,3-29,31,33-34H2,1-2H3,(H,38,41)/b32-30+/t35-,36+/m0/s1/i34+1D2,35+1. The number of amides is 1. The molecule has 0 heterocycles. The Morgan fingerprint density at radius 3 is 1.32 bits per heavy atom. The smallest absolute Gasteiger partial charge is 0.220 e. The highest BCUT2D eigenvalue weighted by Crippen LogP contribution is 2.15. The summed E-state index contributed by atoms with van der Waals surface area (Å²) < 4.78 is 15.4. The number of aliphatic hydroxyl groups is 2. The van der Waals surface area contributed by atoms with Crippen molar-refractivity contribution in [3.8, 4) is 0 Å². The fraction of sp³-hybridized carbons (Fsp3) is 0.919. The van der Waals surface area contributed by atoms with E-state index in [-0.39, 0.29) is 5.91 Å². The first kappa shape index (κ1) is 36.3. The van der Waals surface area contributed by atoms with Crippen LogP contribution in [0, 0.1) is 0 Å². The van der Waals surface area contributed by atoms with Crippen LogP contribution in [0.15, 0.2) is 12.2 Å². The van der Waals surface area contributed by atoms with Crippen molar-refractivity contribution in [3.63, 3.8) is 0 Å². The molecule has 244 valence electrons. The topological polar surface area (TPSA) is 69.6 Å². The van der Waals surface area contributed by atoms with E-state index in [0.29, 0.717) is 6.42 Å². The van der Waals surface area contributed by atoms with Crippen LogP contribution in [0.3, 0.4) is 0 Å². The first-order chi connectivity index (χ1) is 20.8. The van der Waals surface area contributed by atoms with Crippen LogP contribution in [-0.2, 0) is 4.79 Å². The zero-order valence-corrected chi connectivity index (χ0v) is 27.6. The van der Waals surface area contributed by atoms with E-state index in [9.17, 15) is 15.0 Å². The molecule has 0 radical (unpaired) electrons. The van der Waals surface area contributed by atoms with Gasteiger partial charge in [-0.15, -0.1) is 0 Å². The Labute approximate surface area is 259 Å². The van der Waals surface area contributed by atoms with Gasteiger partial charge in [-0.3, -0.25) is 4.79 Å². The van der Waals surface area contributed by atoms with E-state index in [1.54, 1.807) is 0 Å². The highest BCUT2D eigenvalue weighted by molar-refractivity contribution is 5.76. The van der Waals surface area contributed by atoms with Crippen LogP contribution in [-0.4, -0.2) is 34.8 Å². The van der Waals surface area contributed by atoms with Crippen molar-refractivity contribution >= 4 is 5.91 Å². The summed E-state index contributed by atoms with van der Waals surface area (Å²) in [5.74, 6) is -0.314. The molecule has 0 spiro atoms. The number of hydrogen-bond acceptors (Lipinski definition) is 3. The number of carbonyl (C=O) groups is 1. The first-order valence-corrected chi connectivity index (χ1v) is 18.2. The Bertz CT molecular complexity index is 623. The molecule has 0 aliphatic heterocycles. The minimum atomic E-state index is -2.69. The summed E-state index contributed by atoms with van der Waals surface area (Å²) >= 11 is 0. The molecule has 0 fully saturated rings. The molecule has 3 N–H and O–H groups in total. The molecule has 2 atom stereocenters. The van der Waals surface area contributed by atoms with Gasteiger partial charge in [-0.05, 0) is 19.3 Å². The van der Waals surface area contributed by atoms with E-state index in [1.807, 2.05) is 6.08 Å². The lowest BCUT2D eigenvalue weighted by atomic mass is 10.0. The largest absolute Gasteiger partial charge is 0.394 e. The summed E-state index contributed by atoms with van der Waals surface area (Å²) in [7, 11) is 0. The van der Waals surface area contributed by atoms with Crippen LogP contribution < -0.4 is 5.32 Å². The Kier molecular flexibility index (Phi) is 29.8. The van der Waals surface area contributed by atoms with Gasteiger partial charge in [0.05, 0.1) is 21.4 Å². The summed E-state index contributed by atoms with van der Waals surface area (Å²) in [6, 6.07) is -1.37. The molecule has 41 heavy (non-hydrogen) atoms. The fourth-order valence-corrected chi connectivity index (χ4v) is 5.55. The van der Waals surface area contributed by atoms with Crippen LogP contribution in [0.1, 0.15) is 203 Å². The van der Waals surface area contributed by atoms with Gasteiger partial charge in [-0.25, -0.2) is 0 Å². The van der Waals surface area contributed by atoms with Crippen LogP contribution >= 0.6 is 0 Å². The zero-order valence-electron chi connectivity index (χ0n) is 29.6. The van der Waals surface area contributed by atoms with Crippen LogP contribution in [0.25, 0.3) is 0 Å². The van der Waals surface area contributed by atoms with E-state index < -0.39 is 18.7 Å². The number of carbonyl (C=O) groups excluding carboxylic acids is 1. The molecule has 0 saturated carbocycles. The molecule has 0 aromatic heterocycles. The quantitative estimate of drug-likeness (QED) is 0.0409. The SMILES string of the molecule is [2H][13C]([2H])(O)[13C@H](NC(=O)CCCCCCCCCCCCCCCCCC)[C@H](O)/C=C/CCCCCCCCCCCCC. The van der Waals surface area contributed by atoms with Gasteiger partial charge in [-0.2, -0.15) is 0 Å². The van der Waals surface area contributed by atoms with E-state index in [1.165, 1.54) is 147 Å². The number of allylic oxidation sites excluding steroid dienone is 1. The van der Waals surface area contributed by atoms with E-state index >= 15 is 0 Å². The van der Waals surface area contributed by atoms with Crippen LogP contribution in [0.2, 0.25) is 0 Å². The molecule has 0 aliphatic carbocycles. The molecule has 4 nitrogen and oxygen atoms in total. The number of aliphatic hydroxyl groups excluding tert-OH is 1. The molecule has 0 saturated heterocycles. The second-order valence-corrected chi connectivity index (χ2v) is 12.5. The normalized spacial score (nSPS) is 14.2. The van der Waals surface area contributed by atoms with E-state index in [4.69, 9.17) is 2.74 Å². The Hall–Kier alpha value is -0.870. The lowest BCUT2D eigenvalue weighted by molar-refractivity contribution is -0.123. The van der Waals surface area contributed by atoms with Crippen molar-refractivity contribution < 1.29 is 17.7 Å². The molecule has 0 bridgehead atoms. The van der Waals surface area contributed by atoms with Gasteiger partial charge in [0.25, 0.3) is 0 Å². The number of nitrogens with one attached hydrogen (secondary N) is 1. The summed E-state index contributed by atoms with van der Waals surface area (Å²) in [4.78, 5) is 12.4. The highest BCUT2D eigenvalue weighted by Gasteiger charge is 2.17. The number of unbranched alkanes of at least 4 members (excludes halogenated alkanes) is 26. The second kappa shape index (κ2) is 33.6. The Balaban J connectivity index is 3.84.